The Balaban J connectivity index is 1.93. The van der Waals surface area contributed by atoms with Gasteiger partial charge >= 0.3 is 11.9 Å². The highest BCUT2D eigenvalue weighted by Crippen LogP contribution is 2.30. The minimum Gasteiger partial charge on any atom is -0.464 e. The summed E-state index contributed by atoms with van der Waals surface area (Å²) in [6, 6.07) is 0. The maximum Gasteiger partial charge on any atom is 0.323 e. The van der Waals surface area contributed by atoms with Crippen LogP contribution in [0.3, 0.4) is 0 Å². The standard InChI is InChI=1S/C36H66O10/c1-3-4-5-6-7-8-9-10-11-12-17-36(2,34(37)45-30-32-26-41-22-13-18-39-19-14-23-42-27-32)35(38)46-31-33-28-43-24-15-20-40-21-16-25-44-29-33/h32-33H,3-31H2,1-2H3. The summed E-state index contributed by atoms with van der Waals surface area (Å²) in [5.41, 5.74) is -1.39. The molecule has 0 aromatic heterocycles. The van der Waals surface area contributed by atoms with E-state index >= 15 is 0 Å². The normalized spacial score (nSPS) is 19.6. The second kappa shape index (κ2) is 27.6. The molecule has 0 atom stereocenters. The second-order valence-electron chi connectivity index (χ2n) is 13.1. The molecule has 0 unspecified atom stereocenters. The van der Waals surface area contributed by atoms with Gasteiger partial charge in [-0.3, -0.25) is 9.59 Å². The van der Waals surface area contributed by atoms with Gasteiger partial charge in [0.25, 0.3) is 0 Å². The van der Waals surface area contributed by atoms with E-state index in [9.17, 15) is 9.59 Å². The molecule has 270 valence electrons. The number of rotatable bonds is 17. The molecule has 0 aliphatic carbocycles. The third kappa shape index (κ3) is 19.5. The topological polar surface area (TPSA) is 108 Å². The quantitative estimate of drug-likeness (QED) is 0.100. The maximum atomic E-state index is 13.6. The van der Waals surface area contributed by atoms with Crippen LogP contribution in [0.4, 0.5) is 0 Å². The van der Waals surface area contributed by atoms with Crippen molar-refractivity contribution in [2.45, 2.75) is 110 Å². The van der Waals surface area contributed by atoms with Crippen LogP contribution in [-0.4, -0.2) is 104 Å². The first kappa shape index (κ1) is 40.9. The van der Waals surface area contributed by atoms with Crippen LogP contribution >= 0.6 is 0 Å². The van der Waals surface area contributed by atoms with Gasteiger partial charge in [-0.2, -0.15) is 0 Å². The highest BCUT2D eigenvalue weighted by molar-refractivity contribution is 5.99. The van der Waals surface area contributed by atoms with Gasteiger partial charge in [0, 0.05) is 64.7 Å². The average molecular weight is 659 g/mol. The highest BCUT2D eigenvalue weighted by atomic mass is 16.6. The van der Waals surface area contributed by atoms with Gasteiger partial charge in [0.05, 0.1) is 39.6 Å². The minimum absolute atomic E-state index is 0.113. The molecule has 2 fully saturated rings. The van der Waals surface area contributed by atoms with Crippen LogP contribution in [0.25, 0.3) is 0 Å². The summed E-state index contributed by atoms with van der Waals surface area (Å²) in [7, 11) is 0. The second-order valence-corrected chi connectivity index (χ2v) is 13.1. The van der Waals surface area contributed by atoms with E-state index in [4.69, 9.17) is 37.9 Å². The zero-order chi connectivity index (χ0) is 33.0. The molecule has 2 aliphatic heterocycles. The first-order valence-electron chi connectivity index (χ1n) is 18.4. The molecule has 10 nitrogen and oxygen atoms in total. The van der Waals surface area contributed by atoms with Crippen LogP contribution in [0.15, 0.2) is 0 Å². The van der Waals surface area contributed by atoms with E-state index in [0.29, 0.717) is 85.7 Å². The molecule has 2 aliphatic rings. The molecule has 0 N–H and O–H groups in total. The number of carbonyl (C=O) groups excluding carboxylic acids is 2. The third-order valence-corrected chi connectivity index (χ3v) is 8.56. The van der Waals surface area contributed by atoms with Crippen molar-refractivity contribution >= 4 is 11.9 Å². The zero-order valence-corrected chi connectivity index (χ0v) is 29.2. The fourth-order valence-electron chi connectivity index (χ4n) is 5.50. The SMILES string of the molecule is CCCCCCCCCCCCC(C)(C(=O)OCC1COCCCOCCCOC1)C(=O)OCC1COCCCOCCCOC1. The maximum absolute atomic E-state index is 13.6. The molecular weight excluding hydrogens is 592 g/mol. The summed E-state index contributed by atoms with van der Waals surface area (Å²) in [6.07, 6.45) is 15.4. The molecule has 46 heavy (non-hydrogen) atoms. The molecule has 0 bridgehead atoms. The lowest BCUT2D eigenvalue weighted by Gasteiger charge is -2.28. The van der Waals surface area contributed by atoms with Crippen LogP contribution in [0.5, 0.6) is 0 Å². The molecule has 0 aromatic rings. The molecule has 0 amide bonds. The minimum atomic E-state index is -1.39. The number of esters is 2. The lowest BCUT2D eigenvalue weighted by molar-refractivity contribution is -0.175. The lowest BCUT2D eigenvalue weighted by Crippen LogP contribution is -2.41. The number of hydrogen-bond acceptors (Lipinski definition) is 10. The number of hydrogen-bond donors (Lipinski definition) is 0. The van der Waals surface area contributed by atoms with Gasteiger partial charge in [-0.25, -0.2) is 0 Å². The lowest BCUT2D eigenvalue weighted by atomic mass is 9.84. The van der Waals surface area contributed by atoms with Gasteiger partial charge in [-0.1, -0.05) is 71.1 Å². The van der Waals surface area contributed by atoms with Gasteiger partial charge in [0.1, 0.15) is 0 Å². The average Bonchev–Trinajstić information content (AvgIpc) is 3.04. The summed E-state index contributed by atoms with van der Waals surface area (Å²) in [5, 5.41) is 0. The molecule has 0 saturated carbocycles. The van der Waals surface area contributed by atoms with Crippen molar-refractivity contribution < 1.29 is 47.5 Å². The fourth-order valence-corrected chi connectivity index (χ4v) is 5.50. The third-order valence-electron chi connectivity index (χ3n) is 8.56. The molecule has 0 radical (unpaired) electrons. The molecule has 2 saturated heterocycles. The largest absolute Gasteiger partial charge is 0.464 e. The first-order chi connectivity index (χ1) is 22.6. The molecule has 0 aromatic carbocycles. The number of unbranched alkanes of at least 4 members (excludes halogenated alkanes) is 9. The summed E-state index contributed by atoms with van der Waals surface area (Å²) >= 11 is 0. The Kier molecular flexibility index (Phi) is 24.6. The van der Waals surface area contributed by atoms with Crippen LogP contribution in [0.2, 0.25) is 0 Å². The Hall–Kier alpha value is -1.30. The Bertz CT molecular complexity index is 678. The van der Waals surface area contributed by atoms with E-state index in [1.54, 1.807) is 6.92 Å². The van der Waals surface area contributed by atoms with Gasteiger partial charge in [-0.05, 0) is 39.0 Å². The molecular formula is C36H66O10. The van der Waals surface area contributed by atoms with E-state index in [1.807, 2.05) is 0 Å². The van der Waals surface area contributed by atoms with Crippen molar-refractivity contribution in [2.75, 3.05) is 92.5 Å². The summed E-state index contributed by atoms with van der Waals surface area (Å²) in [4.78, 5) is 27.3. The summed E-state index contributed by atoms with van der Waals surface area (Å²) in [5.74, 6) is -1.31. The van der Waals surface area contributed by atoms with Crippen LogP contribution in [0.1, 0.15) is 110 Å². The number of ether oxygens (including phenoxy) is 8. The molecule has 2 rings (SSSR count). The van der Waals surface area contributed by atoms with Crippen molar-refractivity contribution in [3.05, 3.63) is 0 Å². The van der Waals surface area contributed by atoms with Gasteiger partial charge in [0.15, 0.2) is 5.41 Å². The summed E-state index contributed by atoms with van der Waals surface area (Å²) < 4.78 is 46.0. The summed E-state index contributed by atoms with van der Waals surface area (Å²) in [6.45, 7) is 10.8. The fraction of sp³-hybridized carbons (Fsp3) is 0.944. The molecule has 0 spiro atoms. The predicted octanol–water partition coefficient (Wildman–Crippen LogP) is 6.31. The smallest absolute Gasteiger partial charge is 0.323 e. The Morgan fingerprint density at radius 1 is 0.522 bits per heavy atom. The molecule has 10 heteroatoms. The predicted molar refractivity (Wildman–Crippen MR) is 177 cm³/mol. The Morgan fingerprint density at radius 3 is 1.22 bits per heavy atom. The zero-order valence-electron chi connectivity index (χ0n) is 29.2. The van der Waals surface area contributed by atoms with E-state index < -0.39 is 17.4 Å². The van der Waals surface area contributed by atoms with Gasteiger partial charge in [-0.15, -0.1) is 0 Å². The van der Waals surface area contributed by atoms with Crippen molar-refractivity contribution in [1.29, 1.82) is 0 Å². The van der Waals surface area contributed by atoms with Gasteiger partial charge < -0.3 is 37.9 Å². The van der Waals surface area contributed by atoms with E-state index in [-0.39, 0.29) is 25.0 Å². The van der Waals surface area contributed by atoms with Gasteiger partial charge in [0.2, 0.25) is 0 Å². The van der Waals surface area contributed by atoms with E-state index in [2.05, 4.69) is 6.92 Å². The highest BCUT2D eigenvalue weighted by Gasteiger charge is 2.44. The Morgan fingerprint density at radius 2 is 0.848 bits per heavy atom. The van der Waals surface area contributed by atoms with E-state index in [0.717, 1.165) is 44.9 Å². The van der Waals surface area contributed by atoms with Crippen molar-refractivity contribution in [3.63, 3.8) is 0 Å². The van der Waals surface area contributed by atoms with E-state index in [1.165, 1.54) is 44.9 Å². The number of carbonyl (C=O) groups is 2. The van der Waals surface area contributed by atoms with Crippen molar-refractivity contribution in [3.8, 4) is 0 Å². The van der Waals surface area contributed by atoms with Crippen molar-refractivity contribution in [1.82, 2.24) is 0 Å². The molecule has 2 heterocycles. The van der Waals surface area contributed by atoms with Crippen LogP contribution in [-0.2, 0) is 47.5 Å². The first-order valence-corrected chi connectivity index (χ1v) is 18.4. The Labute approximate surface area is 279 Å². The monoisotopic (exact) mass is 658 g/mol. The van der Waals surface area contributed by atoms with Crippen molar-refractivity contribution in [2.24, 2.45) is 17.3 Å². The van der Waals surface area contributed by atoms with Crippen LogP contribution < -0.4 is 0 Å². The van der Waals surface area contributed by atoms with Crippen LogP contribution in [0, 0.1) is 17.3 Å².